The molecule has 1 heterocycles. The summed E-state index contributed by atoms with van der Waals surface area (Å²) in [5.74, 6) is -0.436. The Balaban J connectivity index is 1.88. The monoisotopic (exact) mass is 305 g/mol. The quantitative estimate of drug-likeness (QED) is 0.817. The molecule has 1 aliphatic heterocycles. The lowest BCUT2D eigenvalue weighted by Crippen LogP contribution is -2.23. The van der Waals surface area contributed by atoms with Gasteiger partial charge in [0.15, 0.2) is 0 Å². The summed E-state index contributed by atoms with van der Waals surface area (Å²) >= 11 is 11.8. The first-order chi connectivity index (χ1) is 9.08. The van der Waals surface area contributed by atoms with E-state index in [0.29, 0.717) is 11.1 Å². The van der Waals surface area contributed by atoms with Crippen LogP contribution in [-0.4, -0.2) is 19.3 Å². The summed E-state index contributed by atoms with van der Waals surface area (Å²) in [7, 11) is 0. The molecular formula is C14H18Cl2FNO. The predicted molar refractivity (Wildman–Crippen MR) is 76.4 cm³/mol. The lowest BCUT2D eigenvalue weighted by Gasteiger charge is -2.17. The average molecular weight is 306 g/mol. The molecule has 0 aliphatic carbocycles. The first kappa shape index (κ1) is 15.0. The van der Waals surface area contributed by atoms with E-state index in [1.54, 1.807) is 0 Å². The van der Waals surface area contributed by atoms with Gasteiger partial charge in [-0.15, -0.1) is 0 Å². The maximum absolute atomic E-state index is 13.4. The minimum absolute atomic E-state index is 0.0133. The van der Waals surface area contributed by atoms with Gasteiger partial charge in [0, 0.05) is 17.7 Å². The molecule has 2 nitrogen and oxygen atoms in total. The standard InChI is InChI=1S/C14H18Cl2FNO/c1-9(18-5-4-10-3-2-6-19-10)11-7-14(17)13(16)8-12(11)15/h7-10,18H,2-6H2,1H3. The van der Waals surface area contributed by atoms with Gasteiger partial charge in [0.1, 0.15) is 5.82 Å². The molecule has 0 radical (unpaired) electrons. The molecule has 1 aromatic rings. The number of hydrogen-bond acceptors (Lipinski definition) is 2. The molecule has 0 bridgehead atoms. The Morgan fingerprint density at radius 3 is 2.89 bits per heavy atom. The minimum Gasteiger partial charge on any atom is -0.378 e. The number of halogens is 3. The lowest BCUT2D eigenvalue weighted by molar-refractivity contribution is 0.103. The van der Waals surface area contributed by atoms with Crippen LogP contribution in [0.15, 0.2) is 12.1 Å². The first-order valence-corrected chi connectivity index (χ1v) is 7.33. The third kappa shape index (κ3) is 4.06. The van der Waals surface area contributed by atoms with Gasteiger partial charge in [0.25, 0.3) is 0 Å². The van der Waals surface area contributed by atoms with Gasteiger partial charge in [-0.25, -0.2) is 4.39 Å². The molecule has 1 aromatic carbocycles. The second-order valence-corrected chi connectivity index (χ2v) is 5.70. The van der Waals surface area contributed by atoms with E-state index in [1.807, 2.05) is 6.92 Å². The molecule has 1 fully saturated rings. The molecule has 1 saturated heterocycles. The maximum Gasteiger partial charge on any atom is 0.142 e. The van der Waals surface area contributed by atoms with Crippen LogP contribution in [0.3, 0.4) is 0 Å². The molecular weight excluding hydrogens is 288 g/mol. The van der Waals surface area contributed by atoms with Gasteiger partial charge in [-0.2, -0.15) is 0 Å². The fourth-order valence-electron chi connectivity index (χ4n) is 2.31. The van der Waals surface area contributed by atoms with Crippen LogP contribution >= 0.6 is 23.2 Å². The molecule has 1 N–H and O–H groups in total. The minimum atomic E-state index is -0.436. The zero-order chi connectivity index (χ0) is 13.8. The molecule has 0 amide bonds. The first-order valence-electron chi connectivity index (χ1n) is 6.57. The Labute approximate surface area is 123 Å². The van der Waals surface area contributed by atoms with Crippen molar-refractivity contribution in [2.24, 2.45) is 0 Å². The summed E-state index contributed by atoms with van der Waals surface area (Å²) in [6.07, 6.45) is 3.61. The Morgan fingerprint density at radius 2 is 2.21 bits per heavy atom. The third-order valence-electron chi connectivity index (χ3n) is 3.45. The topological polar surface area (TPSA) is 21.3 Å². The maximum atomic E-state index is 13.4. The van der Waals surface area contributed by atoms with Gasteiger partial charge >= 0.3 is 0 Å². The Morgan fingerprint density at radius 1 is 1.42 bits per heavy atom. The number of benzene rings is 1. The number of rotatable bonds is 5. The van der Waals surface area contributed by atoms with Crippen LogP contribution in [0, 0.1) is 5.82 Å². The molecule has 106 valence electrons. The molecule has 2 rings (SSSR count). The van der Waals surface area contributed by atoms with E-state index in [0.717, 1.165) is 38.0 Å². The Kier molecular flexibility index (Phi) is 5.46. The van der Waals surface area contributed by atoms with Crippen molar-refractivity contribution in [1.29, 1.82) is 0 Å². The SMILES string of the molecule is CC(NCCC1CCCO1)c1cc(F)c(Cl)cc1Cl. The van der Waals surface area contributed by atoms with Gasteiger partial charge in [-0.1, -0.05) is 23.2 Å². The van der Waals surface area contributed by atoms with Gasteiger partial charge in [0.2, 0.25) is 0 Å². The van der Waals surface area contributed by atoms with E-state index >= 15 is 0 Å². The van der Waals surface area contributed by atoms with Gasteiger partial charge < -0.3 is 10.1 Å². The molecule has 2 atom stereocenters. The van der Waals surface area contributed by atoms with E-state index < -0.39 is 5.82 Å². The van der Waals surface area contributed by atoms with Crippen molar-refractivity contribution in [2.75, 3.05) is 13.2 Å². The van der Waals surface area contributed by atoms with E-state index in [4.69, 9.17) is 27.9 Å². The molecule has 0 saturated carbocycles. The molecule has 0 spiro atoms. The summed E-state index contributed by atoms with van der Waals surface area (Å²) in [5.41, 5.74) is 0.732. The zero-order valence-corrected chi connectivity index (χ0v) is 12.4. The average Bonchev–Trinajstić information content (AvgIpc) is 2.86. The molecule has 5 heteroatoms. The highest BCUT2D eigenvalue weighted by atomic mass is 35.5. The van der Waals surface area contributed by atoms with Crippen LogP contribution in [0.5, 0.6) is 0 Å². The molecule has 19 heavy (non-hydrogen) atoms. The fourth-order valence-corrected chi connectivity index (χ4v) is 2.86. The summed E-state index contributed by atoms with van der Waals surface area (Å²) in [6.45, 7) is 3.66. The molecule has 2 unspecified atom stereocenters. The van der Waals surface area contributed by atoms with Crippen LogP contribution in [0.1, 0.15) is 37.8 Å². The largest absolute Gasteiger partial charge is 0.378 e. The number of nitrogens with one attached hydrogen (secondary N) is 1. The van der Waals surface area contributed by atoms with Crippen molar-refractivity contribution >= 4 is 23.2 Å². The van der Waals surface area contributed by atoms with Crippen LogP contribution in [-0.2, 0) is 4.74 Å². The summed E-state index contributed by atoms with van der Waals surface area (Å²) in [6, 6.07) is 2.83. The lowest BCUT2D eigenvalue weighted by atomic mass is 10.1. The normalized spacial score (nSPS) is 20.7. The fraction of sp³-hybridized carbons (Fsp3) is 0.571. The van der Waals surface area contributed by atoms with Crippen molar-refractivity contribution in [3.8, 4) is 0 Å². The second kappa shape index (κ2) is 6.89. The van der Waals surface area contributed by atoms with E-state index in [1.165, 1.54) is 12.1 Å². The van der Waals surface area contributed by atoms with Crippen LogP contribution in [0.2, 0.25) is 10.0 Å². The van der Waals surface area contributed by atoms with Crippen molar-refractivity contribution in [1.82, 2.24) is 5.32 Å². The smallest absolute Gasteiger partial charge is 0.142 e. The van der Waals surface area contributed by atoms with Crippen molar-refractivity contribution < 1.29 is 9.13 Å². The third-order valence-corrected chi connectivity index (χ3v) is 4.06. The Hall–Kier alpha value is -0.350. The number of ether oxygens (including phenoxy) is 1. The summed E-state index contributed by atoms with van der Waals surface area (Å²) in [4.78, 5) is 0. The summed E-state index contributed by atoms with van der Waals surface area (Å²) < 4.78 is 19.0. The van der Waals surface area contributed by atoms with Crippen molar-refractivity contribution in [3.63, 3.8) is 0 Å². The highest BCUT2D eigenvalue weighted by molar-refractivity contribution is 6.35. The van der Waals surface area contributed by atoms with E-state index in [-0.39, 0.29) is 11.1 Å². The highest BCUT2D eigenvalue weighted by Crippen LogP contribution is 2.28. The van der Waals surface area contributed by atoms with Crippen molar-refractivity contribution in [2.45, 2.75) is 38.3 Å². The van der Waals surface area contributed by atoms with E-state index in [9.17, 15) is 4.39 Å². The predicted octanol–water partition coefficient (Wildman–Crippen LogP) is 4.35. The zero-order valence-electron chi connectivity index (χ0n) is 10.9. The van der Waals surface area contributed by atoms with Crippen LogP contribution in [0.4, 0.5) is 4.39 Å². The van der Waals surface area contributed by atoms with E-state index in [2.05, 4.69) is 5.32 Å². The highest BCUT2D eigenvalue weighted by Gasteiger charge is 2.16. The summed E-state index contributed by atoms with van der Waals surface area (Å²) in [5, 5.41) is 3.88. The Bertz CT molecular complexity index is 436. The molecule has 0 aromatic heterocycles. The van der Waals surface area contributed by atoms with Gasteiger partial charge in [-0.3, -0.25) is 0 Å². The van der Waals surface area contributed by atoms with Crippen LogP contribution < -0.4 is 5.32 Å². The van der Waals surface area contributed by atoms with Crippen molar-refractivity contribution in [3.05, 3.63) is 33.6 Å². The van der Waals surface area contributed by atoms with Gasteiger partial charge in [-0.05, 0) is 50.4 Å². The molecule has 1 aliphatic rings. The number of hydrogen-bond donors (Lipinski definition) is 1. The second-order valence-electron chi connectivity index (χ2n) is 4.89. The van der Waals surface area contributed by atoms with Crippen LogP contribution in [0.25, 0.3) is 0 Å². The van der Waals surface area contributed by atoms with Gasteiger partial charge in [0.05, 0.1) is 11.1 Å².